The lowest BCUT2D eigenvalue weighted by molar-refractivity contribution is -0.171. The summed E-state index contributed by atoms with van der Waals surface area (Å²) in [5.41, 5.74) is -1.26. The van der Waals surface area contributed by atoms with Crippen molar-refractivity contribution in [3.05, 3.63) is 88.4 Å². The first-order chi connectivity index (χ1) is 19.8. The zero-order valence-electron chi connectivity index (χ0n) is 26.2. The smallest absolute Gasteiger partial charge is 0.416 e. The van der Waals surface area contributed by atoms with Gasteiger partial charge in [-0.25, -0.2) is 4.79 Å². The van der Waals surface area contributed by atoms with Crippen LogP contribution in [0.2, 0.25) is 0 Å². The minimum atomic E-state index is -4.56. The molecular formula is C34H42F3NO5. The number of carbonyl (C=O) groups is 2. The highest BCUT2D eigenvalue weighted by Gasteiger charge is 2.35. The number of Topliss-reactive ketones (excluding diaryl/α,β-unsaturated/α-hetero) is 1. The van der Waals surface area contributed by atoms with Crippen LogP contribution < -0.4 is 4.74 Å². The lowest BCUT2D eigenvalue weighted by atomic mass is 9.94. The SMILES string of the molecule is Cc1ccc(CN(CC(=O)Cc2ccc(C(C)C)cc2C(F)(F)F)Cc2ccc(OC(C)(C)C(=O)OC(C)(C)C)cc2)o1. The summed E-state index contributed by atoms with van der Waals surface area (Å²) in [7, 11) is 0. The number of hydrogen-bond donors (Lipinski definition) is 0. The number of furan rings is 1. The molecule has 3 aromatic rings. The van der Waals surface area contributed by atoms with Crippen molar-refractivity contribution in [1.29, 1.82) is 0 Å². The second-order valence-electron chi connectivity index (χ2n) is 12.7. The predicted molar refractivity (Wildman–Crippen MR) is 159 cm³/mol. The topological polar surface area (TPSA) is 69.0 Å². The van der Waals surface area contributed by atoms with Crippen molar-refractivity contribution in [2.75, 3.05) is 6.54 Å². The molecule has 234 valence electrons. The van der Waals surface area contributed by atoms with Gasteiger partial charge < -0.3 is 13.9 Å². The molecule has 1 aromatic heterocycles. The Bertz CT molecular complexity index is 1400. The Morgan fingerprint density at radius 1 is 0.907 bits per heavy atom. The van der Waals surface area contributed by atoms with E-state index in [9.17, 15) is 22.8 Å². The van der Waals surface area contributed by atoms with E-state index in [1.165, 1.54) is 6.07 Å². The number of aryl methyl sites for hydroxylation is 1. The number of halogens is 3. The molecule has 0 saturated carbocycles. The Labute approximate surface area is 252 Å². The maximum atomic E-state index is 13.9. The van der Waals surface area contributed by atoms with E-state index in [-0.39, 0.29) is 30.2 Å². The van der Waals surface area contributed by atoms with Crippen molar-refractivity contribution in [2.24, 2.45) is 0 Å². The molecule has 0 aliphatic rings. The summed E-state index contributed by atoms with van der Waals surface area (Å²) in [6.07, 6.45) is -4.90. The zero-order chi connectivity index (χ0) is 32.2. The van der Waals surface area contributed by atoms with Gasteiger partial charge in [-0.15, -0.1) is 0 Å². The van der Waals surface area contributed by atoms with Crippen LogP contribution in [-0.2, 0) is 40.0 Å². The second-order valence-corrected chi connectivity index (χ2v) is 12.7. The number of rotatable bonds is 12. The first-order valence-corrected chi connectivity index (χ1v) is 14.3. The van der Waals surface area contributed by atoms with Gasteiger partial charge >= 0.3 is 12.1 Å². The molecule has 0 aliphatic carbocycles. The van der Waals surface area contributed by atoms with Gasteiger partial charge in [-0.2, -0.15) is 13.2 Å². The molecule has 6 nitrogen and oxygen atoms in total. The Morgan fingerprint density at radius 2 is 1.56 bits per heavy atom. The maximum absolute atomic E-state index is 13.9. The average molecular weight is 602 g/mol. The molecule has 0 aliphatic heterocycles. The molecule has 0 bridgehead atoms. The highest BCUT2D eigenvalue weighted by atomic mass is 19.4. The third kappa shape index (κ3) is 10.3. The fourth-order valence-electron chi connectivity index (χ4n) is 4.51. The van der Waals surface area contributed by atoms with Gasteiger partial charge in [-0.3, -0.25) is 9.69 Å². The van der Waals surface area contributed by atoms with E-state index in [4.69, 9.17) is 13.9 Å². The van der Waals surface area contributed by atoms with Crippen LogP contribution in [0.4, 0.5) is 13.2 Å². The van der Waals surface area contributed by atoms with Gasteiger partial charge in [0, 0.05) is 13.0 Å². The molecule has 2 aromatic carbocycles. The minimum absolute atomic E-state index is 0.0372. The molecule has 0 atom stereocenters. The lowest BCUT2D eigenvalue weighted by Gasteiger charge is -2.29. The van der Waals surface area contributed by atoms with Crippen LogP contribution in [-0.4, -0.2) is 34.4 Å². The van der Waals surface area contributed by atoms with Crippen LogP contribution in [0.25, 0.3) is 0 Å². The molecule has 0 amide bonds. The summed E-state index contributed by atoms with van der Waals surface area (Å²) >= 11 is 0. The normalized spacial score (nSPS) is 12.6. The fraction of sp³-hybridized carbons (Fsp3) is 0.471. The fourth-order valence-corrected chi connectivity index (χ4v) is 4.51. The molecule has 0 radical (unpaired) electrons. The minimum Gasteiger partial charge on any atom is -0.476 e. The first kappa shape index (κ1) is 33.9. The summed E-state index contributed by atoms with van der Waals surface area (Å²) < 4.78 is 58.7. The first-order valence-electron chi connectivity index (χ1n) is 14.3. The Hall–Kier alpha value is -3.59. The molecule has 0 spiro atoms. The van der Waals surface area contributed by atoms with Gasteiger partial charge in [0.25, 0.3) is 0 Å². The van der Waals surface area contributed by atoms with Crippen molar-refractivity contribution >= 4 is 11.8 Å². The number of esters is 1. The summed E-state index contributed by atoms with van der Waals surface area (Å²) in [6, 6.07) is 14.9. The van der Waals surface area contributed by atoms with Gasteiger partial charge in [0.05, 0.1) is 18.7 Å². The third-order valence-corrected chi connectivity index (χ3v) is 6.66. The van der Waals surface area contributed by atoms with Gasteiger partial charge in [0.15, 0.2) is 11.4 Å². The third-order valence-electron chi connectivity index (χ3n) is 6.66. The maximum Gasteiger partial charge on any atom is 0.416 e. The number of ketones is 1. The molecular weight excluding hydrogens is 559 g/mol. The van der Waals surface area contributed by atoms with E-state index in [0.29, 0.717) is 30.2 Å². The van der Waals surface area contributed by atoms with Crippen LogP contribution in [0.15, 0.2) is 59.0 Å². The van der Waals surface area contributed by atoms with Gasteiger partial charge in [0.1, 0.15) is 22.9 Å². The van der Waals surface area contributed by atoms with Gasteiger partial charge in [-0.1, -0.05) is 38.1 Å². The van der Waals surface area contributed by atoms with Gasteiger partial charge in [-0.05, 0) is 94.5 Å². The molecule has 0 fully saturated rings. The molecule has 9 heteroatoms. The lowest BCUT2D eigenvalue weighted by Crippen LogP contribution is -2.43. The van der Waals surface area contributed by atoms with Crippen LogP contribution in [0, 0.1) is 6.92 Å². The number of benzene rings is 2. The van der Waals surface area contributed by atoms with Crippen molar-refractivity contribution in [2.45, 2.75) is 98.2 Å². The Kier molecular flexibility index (Phi) is 10.5. The molecule has 0 unspecified atom stereocenters. The van der Waals surface area contributed by atoms with Crippen molar-refractivity contribution < 1.29 is 36.7 Å². The number of alkyl halides is 3. The van der Waals surface area contributed by atoms with E-state index >= 15 is 0 Å². The Balaban J connectivity index is 1.76. The Morgan fingerprint density at radius 3 is 2.09 bits per heavy atom. The van der Waals surface area contributed by atoms with E-state index in [1.54, 1.807) is 52.8 Å². The van der Waals surface area contributed by atoms with Crippen LogP contribution in [0.3, 0.4) is 0 Å². The van der Waals surface area contributed by atoms with E-state index in [0.717, 1.165) is 17.4 Å². The highest BCUT2D eigenvalue weighted by Crippen LogP contribution is 2.34. The standard InChI is InChI=1S/C34H42F3NO5/c1-22(2)25-12-13-26(30(18-25)34(35,36)37)17-27(39)20-38(21-29-14-9-23(3)41-29)19-24-10-15-28(16-11-24)42-33(7,8)31(40)43-32(4,5)6/h9-16,18,22H,17,19-21H2,1-8H3. The highest BCUT2D eigenvalue weighted by molar-refractivity contribution is 5.83. The number of hydrogen-bond acceptors (Lipinski definition) is 6. The average Bonchev–Trinajstić information content (AvgIpc) is 3.27. The molecule has 0 N–H and O–H groups in total. The van der Waals surface area contributed by atoms with Crippen LogP contribution >= 0.6 is 0 Å². The summed E-state index contributed by atoms with van der Waals surface area (Å²) in [5.74, 6) is 0.920. The van der Waals surface area contributed by atoms with E-state index in [1.807, 2.05) is 49.9 Å². The van der Waals surface area contributed by atoms with Crippen molar-refractivity contribution in [3.63, 3.8) is 0 Å². The molecule has 43 heavy (non-hydrogen) atoms. The predicted octanol–water partition coefficient (Wildman–Crippen LogP) is 8.04. The van der Waals surface area contributed by atoms with Crippen LogP contribution in [0.5, 0.6) is 5.75 Å². The largest absolute Gasteiger partial charge is 0.476 e. The molecule has 0 saturated heterocycles. The quantitative estimate of drug-likeness (QED) is 0.196. The van der Waals surface area contributed by atoms with E-state index in [2.05, 4.69) is 0 Å². The van der Waals surface area contributed by atoms with Crippen molar-refractivity contribution in [1.82, 2.24) is 4.90 Å². The summed E-state index contributed by atoms with van der Waals surface area (Å²) in [5, 5.41) is 0. The monoisotopic (exact) mass is 601 g/mol. The number of ether oxygens (including phenoxy) is 2. The molecule has 3 rings (SSSR count). The second kappa shape index (κ2) is 13.4. The number of carbonyl (C=O) groups excluding carboxylic acids is 2. The van der Waals surface area contributed by atoms with Crippen molar-refractivity contribution in [3.8, 4) is 5.75 Å². The van der Waals surface area contributed by atoms with E-state index < -0.39 is 28.9 Å². The summed E-state index contributed by atoms with van der Waals surface area (Å²) in [4.78, 5) is 27.6. The van der Waals surface area contributed by atoms with Gasteiger partial charge in [0.2, 0.25) is 0 Å². The van der Waals surface area contributed by atoms with Crippen LogP contribution in [0.1, 0.15) is 88.2 Å². The number of nitrogens with zero attached hydrogens (tertiary/aromatic N) is 1. The summed E-state index contributed by atoms with van der Waals surface area (Å²) in [6.45, 7) is 14.6. The molecule has 1 heterocycles. The zero-order valence-corrected chi connectivity index (χ0v) is 26.2.